The number of H-pyrrole nitrogens is 1. The lowest BCUT2D eigenvalue weighted by molar-refractivity contribution is 0.0581. The summed E-state index contributed by atoms with van der Waals surface area (Å²) < 4.78 is 25.9. The molecule has 0 aliphatic carbocycles. The summed E-state index contributed by atoms with van der Waals surface area (Å²) in [5.74, 6) is 0.498. The number of aryl methyl sites for hydroxylation is 1. The van der Waals surface area contributed by atoms with Crippen molar-refractivity contribution >= 4 is 10.0 Å². The Kier molecular flexibility index (Phi) is 4.82. The molecule has 0 unspecified atom stereocenters. The van der Waals surface area contributed by atoms with E-state index in [1.54, 1.807) is 0 Å². The number of nitrogens with one attached hydrogen (secondary N) is 2. The van der Waals surface area contributed by atoms with Crippen LogP contribution >= 0.6 is 0 Å². The van der Waals surface area contributed by atoms with Crippen molar-refractivity contribution in [2.45, 2.75) is 23.9 Å². The van der Waals surface area contributed by atoms with Gasteiger partial charge >= 0.3 is 0 Å². The van der Waals surface area contributed by atoms with E-state index in [-0.39, 0.29) is 5.03 Å². The molecule has 5 N–H and O–H groups in total. The fraction of sp³-hybridized carbons (Fsp3) is 0.667. The van der Waals surface area contributed by atoms with E-state index in [9.17, 15) is 8.42 Å². The average molecular weight is 279 g/mol. The lowest BCUT2D eigenvalue weighted by Crippen LogP contribution is -2.56. The van der Waals surface area contributed by atoms with Gasteiger partial charge in [0.15, 0.2) is 5.03 Å². The molecule has 0 aliphatic heterocycles. The van der Waals surface area contributed by atoms with Crippen molar-refractivity contribution in [3.63, 3.8) is 0 Å². The van der Waals surface area contributed by atoms with E-state index in [1.807, 2.05) is 6.92 Å². The summed E-state index contributed by atoms with van der Waals surface area (Å²) in [5.41, 5.74) is -1.70. The van der Waals surface area contributed by atoms with Crippen LogP contribution in [0.5, 0.6) is 0 Å². The first kappa shape index (κ1) is 15.1. The number of hydrogen-bond acceptors (Lipinski definition) is 6. The van der Waals surface area contributed by atoms with E-state index in [0.29, 0.717) is 12.2 Å². The Morgan fingerprint density at radius 2 is 1.89 bits per heavy atom. The van der Waals surface area contributed by atoms with Crippen molar-refractivity contribution in [3.05, 3.63) is 12.0 Å². The van der Waals surface area contributed by atoms with Gasteiger partial charge in [-0.15, -0.1) is 0 Å². The smallest absolute Gasteiger partial charge is 0.258 e. The van der Waals surface area contributed by atoms with E-state index < -0.39 is 35.4 Å². The quantitative estimate of drug-likeness (QED) is 0.390. The average Bonchev–Trinajstić information content (AvgIpc) is 2.85. The molecule has 104 valence electrons. The maximum atomic E-state index is 11.9. The second kappa shape index (κ2) is 5.76. The van der Waals surface area contributed by atoms with Gasteiger partial charge in [0.2, 0.25) is 0 Å². The van der Waals surface area contributed by atoms with E-state index >= 15 is 0 Å². The second-order valence-corrected chi connectivity index (χ2v) is 5.56. The van der Waals surface area contributed by atoms with Gasteiger partial charge in [-0.1, -0.05) is 6.92 Å². The van der Waals surface area contributed by atoms with Crippen LogP contribution in [0.3, 0.4) is 0 Å². The number of nitrogens with zero attached hydrogens (tertiary/aromatic N) is 1. The third kappa shape index (κ3) is 3.06. The second-order valence-electron chi connectivity index (χ2n) is 3.91. The highest BCUT2D eigenvalue weighted by Crippen LogP contribution is 2.11. The van der Waals surface area contributed by atoms with E-state index in [2.05, 4.69) is 14.7 Å². The molecule has 0 amide bonds. The molecule has 0 saturated carbocycles. The highest BCUT2D eigenvalue weighted by atomic mass is 32.2. The zero-order valence-electron chi connectivity index (χ0n) is 9.92. The van der Waals surface area contributed by atoms with Crippen molar-refractivity contribution in [2.24, 2.45) is 0 Å². The Morgan fingerprint density at radius 1 is 1.33 bits per heavy atom. The molecule has 0 radical (unpaired) electrons. The van der Waals surface area contributed by atoms with Crippen molar-refractivity contribution in [1.29, 1.82) is 0 Å². The SMILES string of the molecule is CCc1ncc(S(=O)(=O)NC(CO)(CO)CO)[nH]1. The van der Waals surface area contributed by atoms with Gasteiger partial charge in [0.05, 0.1) is 26.0 Å². The van der Waals surface area contributed by atoms with Crippen LogP contribution in [0, 0.1) is 0 Å². The van der Waals surface area contributed by atoms with E-state index in [1.165, 1.54) is 0 Å². The summed E-state index contributed by atoms with van der Waals surface area (Å²) in [6, 6.07) is 0. The molecule has 0 aliphatic rings. The first-order chi connectivity index (χ1) is 8.43. The minimum atomic E-state index is -3.99. The van der Waals surface area contributed by atoms with Crippen molar-refractivity contribution < 1.29 is 23.7 Å². The Balaban J connectivity index is 3.00. The van der Waals surface area contributed by atoms with E-state index in [0.717, 1.165) is 6.20 Å². The molecule has 0 bridgehead atoms. The molecular formula is C9H17N3O5S. The van der Waals surface area contributed by atoms with Gasteiger partial charge < -0.3 is 20.3 Å². The van der Waals surface area contributed by atoms with Crippen molar-refractivity contribution in [1.82, 2.24) is 14.7 Å². The molecule has 1 aromatic heterocycles. The van der Waals surface area contributed by atoms with Gasteiger partial charge in [-0.25, -0.2) is 13.4 Å². The summed E-state index contributed by atoms with van der Waals surface area (Å²) in [4.78, 5) is 6.44. The van der Waals surface area contributed by atoms with Crippen LogP contribution < -0.4 is 4.72 Å². The maximum Gasteiger partial charge on any atom is 0.258 e. The Labute approximate surface area is 105 Å². The number of aromatic amines is 1. The van der Waals surface area contributed by atoms with Gasteiger partial charge in [0.25, 0.3) is 10.0 Å². The Morgan fingerprint density at radius 3 is 2.28 bits per heavy atom. The van der Waals surface area contributed by atoms with Crippen LogP contribution in [-0.2, 0) is 16.4 Å². The fourth-order valence-corrected chi connectivity index (χ4v) is 2.56. The molecular weight excluding hydrogens is 262 g/mol. The lowest BCUT2D eigenvalue weighted by Gasteiger charge is -2.27. The number of rotatable bonds is 7. The number of aromatic nitrogens is 2. The van der Waals surface area contributed by atoms with Gasteiger partial charge in [-0.2, -0.15) is 4.72 Å². The normalized spacial score (nSPS) is 12.9. The topological polar surface area (TPSA) is 136 Å². The third-order valence-corrected chi connectivity index (χ3v) is 3.98. The third-order valence-electron chi connectivity index (χ3n) is 2.49. The predicted octanol–water partition coefficient (Wildman–Crippen LogP) is -2.03. The Bertz CT molecular complexity index is 472. The van der Waals surface area contributed by atoms with Gasteiger partial charge in [-0.05, 0) is 0 Å². The molecule has 1 heterocycles. The fourth-order valence-electron chi connectivity index (χ4n) is 1.25. The number of sulfonamides is 1. The molecule has 0 aromatic carbocycles. The summed E-state index contributed by atoms with van der Waals surface area (Å²) in [6.45, 7) is -0.377. The zero-order chi connectivity index (χ0) is 13.8. The van der Waals surface area contributed by atoms with Gasteiger partial charge in [0.1, 0.15) is 11.4 Å². The predicted molar refractivity (Wildman–Crippen MR) is 62.3 cm³/mol. The van der Waals surface area contributed by atoms with Gasteiger partial charge in [0, 0.05) is 6.42 Å². The number of aliphatic hydroxyl groups is 3. The minimum absolute atomic E-state index is 0.181. The summed E-state index contributed by atoms with van der Waals surface area (Å²) in [6.07, 6.45) is 1.68. The molecule has 0 atom stereocenters. The van der Waals surface area contributed by atoms with Crippen molar-refractivity contribution in [2.75, 3.05) is 19.8 Å². The molecule has 9 heteroatoms. The Hall–Kier alpha value is -1.00. The van der Waals surface area contributed by atoms with Crippen LogP contribution in [-0.4, -0.2) is 59.1 Å². The summed E-state index contributed by atoms with van der Waals surface area (Å²) in [5, 5.41) is 27.0. The molecule has 0 spiro atoms. The molecule has 0 saturated heterocycles. The number of hydrogen-bond donors (Lipinski definition) is 5. The summed E-state index contributed by atoms with van der Waals surface area (Å²) >= 11 is 0. The lowest BCUT2D eigenvalue weighted by atomic mass is 10.1. The molecule has 1 aromatic rings. The molecule has 18 heavy (non-hydrogen) atoms. The summed E-state index contributed by atoms with van der Waals surface area (Å²) in [7, 11) is -3.99. The van der Waals surface area contributed by atoms with Crippen LogP contribution in [0.15, 0.2) is 11.2 Å². The molecule has 1 rings (SSSR count). The maximum absolute atomic E-state index is 11.9. The molecule has 0 fully saturated rings. The largest absolute Gasteiger partial charge is 0.394 e. The van der Waals surface area contributed by atoms with Crippen LogP contribution in [0.25, 0.3) is 0 Å². The van der Waals surface area contributed by atoms with E-state index in [4.69, 9.17) is 15.3 Å². The number of imidazole rings is 1. The minimum Gasteiger partial charge on any atom is -0.394 e. The zero-order valence-corrected chi connectivity index (χ0v) is 10.7. The van der Waals surface area contributed by atoms with Gasteiger partial charge in [-0.3, -0.25) is 0 Å². The van der Waals surface area contributed by atoms with Crippen LogP contribution in [0.1, 0.15) is 12.7 Å². The standard InChI is InChI=1S/C9H17N3O5S/c1-2-7-10-3-8(11-7)18(16,17)12-9(4-13,5-14)6-15/h3,12-15H,2,4-6H2,1H3,(H,10,11). The van der Waals surface area contributed by atoms with Crippen LogP contribution in [0.4, 0.5) is 0 Å². The highest BCUT2D eigenvalue weighted by Gasteiger charge is 2.34. The van der Waals surface area contributed by atoms with Crippen molar-refractivity contribution in [3.8, 4) is 0 Å². The first-order valence-corrected chi connectivity index (χ1v) is 6.82. The highest BCUT2D eigenvalue weighted by molar-refractivity contribution is 7.89. The van der Waals surface area contributed by atoms with Crippen LogP contribution in [0.2, 0.25) is 0 Å². The number of aliphatic hydroxyl groups excluding tert-OH is 3. The monoisotopic (exact) mass is 279 g/mol. The molecule has 8 nitrogen and oxygen atoms in total. The first-order valence-electron chi connectivity index (χ1n) is 5.33.